The van der Waals surface area contributed by atoms with Gasteiger partial charge in [-0.1, -0.05) is 48.2 Å². The van der Waals surface area contributed by atoms with E-state index in [-0.39, 0.29) is 34.9 Å². The first-order valence-corrected chi connectivity index (χ1v) is 16.2. The second-order valence-electron chi connectivity index (χ2n) is 12.9. The molecule has 3 nitrogen and oxygen atoms in total. The average molecular weight is 643 g/mol. The number of ketones is 1. The molecule has 0 amide bonds. The fourth-order valence-corrected chi connectivity index (χ4v) is 8.51. The van der Waals surface area contributed by atoms with E-state index in [2.05, 4.69) is 160 Å². The van der Waals surface area contributed by atoms with Crippen LogP contribution in [-0.4, -0.2) is 17.4 Å². The summed E-state index contributed by atoms with van der Waals surface area (Å²) in [6.07, 6.45) is 6.08. The van der Waals surface area contributed by atoms with Gasteiger partial charge in [0.25, 0.3) is 0 Å². The zero-order valence-electron chi connectivity index (χ0n) is 28.1. The number of esters is 1. The second-order valence-corrected chi connectivity index (χ2v) is 12.9. The van der Waals surface area contributed by atoms with Gasteiger partial charge in [0.1, 0.15) is 5.60 Å². The molecule has 0 radical (unpaired) electrons. The Bertz CT molecular complexity index is 2570. The van der Waals surface area contributed by atoms with Gasteiger partial charge in [-0.3, -0.25) is 9.59 Å². The molecule has 5 aliphatic rings. The van der Waals surface area contributed by atoms with Crippen molar-refractivity contribution in [2.45, 2.75) is 64.4 Å². The van der Waals surface area contributed by atoms with Crippen molar-refractivity contribution < 1.29 is 14.3 Å². The second kappa shape index (κ2) is 15.0. The van der Waals surface area contributed by atoms with E-state index in [9.17, 15) is 9.59 Å². The molecule has 50 heavy (non-hydrogen) atoms. The van der Waals surface area contributed by atoms with Crippen LogP contribution >= 0.6 is 0 Å². The summed E-state index contributed by atoms with van der Waals surface area (Å²) in [7, 11) is 0. The molecule has 3 saturated carbocycles. The largest absolute Gasteiger partial charge is 0.458 e. The van der Waals surface area contributed by atoms with Crippen LogP contribution < -0.4 is 0 Å². The molecule has 1 spiro atoms. The highest BCUT2D eigenvalue weighted by atomic mass is 16.6. The van der Waals surface area contributed by atoms with Crippen LogP contribution in [0, 0.1) is 28.6 Å². The van der Waals surface area contributed by atoms with Crippen molar-refractivity contribution in [3.63, 3.8) is 0 Å². The Balaban J connectivity index is 1.87. The minimum Gasteiger partial charge on any atom is -0.458 e. The van der Waals surface area contributed by atoms with Gasteiger partial charge in [-0.25, -0.2) is 0 Å². The van der Waals surface area contributed by atoms with E-state index < -0.39 is 11.0 Å². The van der Waals surface area contributed by atoms with Gasteiger partial charge in [0.15, 0.2) is 5.78 Å². The summed E-state index contributed by atoms with van der Waals surface area (Å²) in [5, 5.41) is 0. The van der Waals surface area contributed by atoms with Gasteiger partial charge >= 0.3 is 5.97 Å². The normalized spacial score (nSPS) is 28.4. The van der Waals surface area contributed by atoms with Gasteiger partial charge in [0.05, 0.1) is 0 Å². The highest BCUT2D eigenvalue weighted by Gasteiger charge is 2.70. The van der Waals surface area contributed by atoms with Crippen LogP contribution in [0.1, 0.15) is 58.8 Å². The van der Waals surface area contributed by atoms with E-state index in [1.54, 1.807) is 6.08 Å². The van der Waals surface area contributed by atoms with Gasteiger partial charge in [0.2, 0.25) is 0 Å². The first kappa shape index (κ1) is 34.6. The van der Waals surface area contributed by atoms with Crippen LogP contribution in [-0.2, 0) is 14.3 Å². The van der Waals surface area contributed by atoms with E-state index in [0.29, 0.717) is 37.7 Å². The van der Waals surface area contributed by atoms with Crippen molar-refractivity contribution in [1.29, 1.82) is 0 Å². The molecular formula is C47H30O3. The standard InChI is InChI=1S/C47H30O3/c1-6-9-12-14-15-16-17-18-19-20-21-23-25-36-35-47(33-30-42(49)50-47)46(5)32-29-40-43(44(36)46)39(27-24-13-10-7-2)38(26-22-11-8-3)41-34-37(48)28-31-45(40,41)4/h34,40,43-44H,1-3,28-33,35H2,4-5H3/t40-,43?,44-,45?,46?,47-/m0/s1. The number of ether oxygens (including phenoxy) is 1. The van der Waals surface area contributed by atoms with Crippen LogP contribution in [0.25, 0.3) is 0 Å². The zero-order chi connectivity index (χ0) is 35.6. The average Bonchev–Trinajstić information content (AvgIpc) is 3.60. The van der Waals surface area contributed by atoms with Crippen LogP contribution in [0.15, 0.2) is 174 Å². The van der Waals surface area contributed by atoms with E-state index >= 15 is 0 Å². The maximum absolute atomic E-state index is 12.9. The van der Waals surface area contributed by atoms with Crippen LogP contribution in [0.2, 0.25) is 0 Å². The molecule has 4 aliphatic carbocycles. The fourth-order valence-electron chi connectivity index (χ4n) is 8.51. The SMILES string of the molecule is C=C=C=C=C=C=C=C=C=C=C=C=C=C=C1C[C@@]2(CCC(=O)O2)C2(C)CC[C@H]3C(C(=C=C=C=C=C=C)C(=C=C=C=C=C)C4=CC(=O)CCC43C)[C@H]12. The molecule has 3 unspecified atom stereocenters. The first-order chi connectivity index (χ1) is 24.2. The third-order valence-corrected chi connectivity index (χ3v) is 10.6. The Morgan fingerprint density at radius 3 is 1.86 bits per heavy atom. The maximum Gasteiger partial charge on any atom is 0.306 e. The molecule has 6 atom stereocenters. The summed E-state index contributed by atoms with van der Waals surface area (Å²) in [5.41, 5.74) is 63.0. The number of hydrogen-bond acceptors (Lipinski definition) is 3. The van der Waals surface area contributed by atoms with Crippen molar-refractivity contribution in [3.8, 4) is 0 Å². The number of fused-ring (bicyclic) bond motifs is 6. The zero-order valence-corrected chi connectivity index (χ0v) is 28.1. The Kier molecular flexibility index (Phi) is 10.4. The number of rotatable bonds is 0. The number of hydrogen-bond donors (Lipinski definition) is 0. The van der Waals surface area contributed by atoms with Gasteiger partial charge in [0, 0.05) is 47.7 Å². The Hall–Kier alpha value is -6.74. The van der Waals surface area contributed by atoms with E-state index in [1.807, 2.05) is 0 Å². The predicted octanol–water partition coefficient (Wildman–Crippen LogP) is 8.50. The molecule has 1 saturated heterocycles. The first-order valence-electron chi connectivity index (χ1n) is 16.2. The smallest absolute Gasteiger partial charge is 0.306 e. The van der Waals surface area contributed by atoms with Crippen molar-refractivity contribution >= 4 is 11.8 Å². The summed E-state index contributed by atoms with van der Waals surface area (Å²) >= 11 is 0. The summed E-state index contributed by atoms with van der Waals surface area (Å²) in [6, 6.07) is 0. The Morgan fingerprint density at radius 2 is 1.24 bits per heavy atom. The lowest BCUT2D eigenvalue weighted by Crippen LogP contribution is -2.55. The molecule has 0 N–H and O–H groups in total. The van der Waals surface area contributed by atoms with Crippen LogP contribution in [0.5, 0.6) is 0 Å². The molecule has 4 fully saturated rings. The van der Waals surface area contributed by atoms with E-state index in [1.165, 1.54) is 0 Å². The third kappa shape index (κ3) is 6.52. The molecular weight excluding hydrogens is 613 g/mol. The summed E-state index contributed by atoms with van der Waals surface area (Å²) < 4.78 is 6.28. The highest BCUT2D eigenvalue weighted by molar-refractivity contribution is 5.93. The third-order valence-electron chi connectivity index (χ3n) is 10.6. The lowest BCUT2D eigenvalue weighted by molar-refractivity contribution is -0.165. The van der Waals surface area contributed by atoms with Gasteiger partial charge < -0.3 is 4.74 Å². The monoisotopic (exact) mass is 642 g/mol. The lowest BCUT2D eigenvalue weighted by Gasteiger charge is -2.59. The summed E-state index contributed by atoms with van der Waals surface area (Å²) in [5.74, 6) is -0.264. The molecule has 1 heterocycles. The van der Waals surface area contributed by atoms with Crippen LogP contribution in [0.4, 0.5) is 0 Å². The Morgan fingerprint density at radius 1 is 0.680 bits per heavy atom. The van der Waals surface area contributed by atoms with Crippen molar-refractivity contribution in [2.24, 2.45) is 28.6 Å². The number of carbonyl (C=O) groups excluding carboxylic acids is 2. The highest BCUT2D eigenvalue weighted by Crippen LogP contribution is 2.72. The fraction of sp³-hybridized carbons (Fsp3) is 0.319. The quantitative estimate of drug-likeness (QED) is 0.197. The van der Waals surface area contributed by atoms with Gasteiger partial charge in [-0.05, 0) is 166 Å². The van der Waals surface area contributed by atoms with Crippen LogP contribution in [0.3, 0.4) is 0 Å². The maximum atomic E-state index is 12.9. The lowest BCUT2D eigenvalue weighted by atomic mass is 9.44. The minimum absolute atomic E-state index is 0.0699. The van der Waals surface area contributed by atoms with Gasteiger partial charge in [-0.15, -0.1) is 0 Å². The Labute approximate surface area is 292 Å². The molecule has 1 aliphatic heterocycles. The molecule has 0 aromatic rings. The van der Waals surface area contributed by atoms with Crippen molar-refractivity contribution in [3.05, 3.63) is 174 Å². The number of carbonyl (C=O) groups is 2. The molecule has 0 bridgehead atoms. The topological polar surface area (TPSA) is 43.4 Å². The van der Waals surface area contributed by atoms with Crippen molar-refractivity contribution in [2.75, 3.05) is 0 Å². The van der Waals surface area contributed by atoms with Crippen molar-refractivity contribution in [1.82, 2.24) is 0 Å². The minimum atomic E-state index is -0.692. The van der Waals surface area contributed by atoms with E-state index in [0.717, 1.165) is 29.6 Å². The summed E-state index contributed by atoms with van der Waals surface area (Å²) in [6.45, 7) is 15.0. The summed E-state index contributed by atoms with van der Waals surface area (Å²) in [4.78, 5) is 25.7. The van der Waals surface area contributed by atoms with Gasteiger partial charge in [-0.2, -0.15) is 0 Å². The van der Waals surface area contributed by atoms with E-state index in [4.69, 9.17) is 4.74 Å². The molecule has 236 valence electrons. The molecule has 0 aromatic carbocycles. The predicted molar refractivity (Wildman–Crippen MR) is 186 cm³/mol. The molecule has 0 aromatic heterocycles. The number of allylic oxidation sites excluding steroid dienone is 3. The molecule has 3 heteroatoms. The molecule has 5 rings (SSSR count).